The smallest absolute Gasteiger partial charge is 0.147 e. The Hall–Kier alpha value is -9.00. The summed E-state index contributed by atoms with van der Waals surface area (Å²) >= 11 is 0. The Kier molecular flexibility index (Phi) is 6.47. The van der Waals surface area contributed by atoms with Crippen molar-refractivity contribution in [3.05, 3.63) is 182 Å². The van der Waals surface area contributed by atoms with Crippen molar-refractivity contribution in [3.63, 3.8) is 0 Å². The summed E-state index contributed by atoms with van der Waals surface area (Å²) in [5.41, 5.74) is 16.2. The summed E-state index contributed by atoms with van der Waals surface area (Å²) in [5, 5.41) is 12.4. The Morgan fingerprint density at radius 1 is 0.182 bits per heavy atom. The second-order valence-electron chi connectivity index (χ2n) is 17.5. The molecule has 0 N–H and O–H groups in total. The van der Waals surface area contributed by atoms with Crippen LogP contribution in [0, 0.1) is 0 Å². The van der Waals surface area contributed by atoms with Crippen molar-refractivity contribution in [1.29, 1.82) is 0 Å². The van der Waals surface area contributed by atoms with Crippen LogP contribution in [0.5, 0.6) is 0 Å². The number of para-hydroxylation sites is 3. The lowest BCUT2D eigenvalue weighted by atomic mass is 9.92. The molecule has 0 amide bonds. The van der Waals surface area contributed by atoms with Gasteiger partial charge in [0.25, 0.3) is 0 Å². The normalized spacial score (nSPS) is 12.5. The van der Waals surface area contributed by atoms with Crippen LogP contribution in [0.3, 0.4) is 0 Å². The third kappa shape index (κ3) is 4.64. The van der Waals surface area contributed by atoms with Crippen molar-refractivity contribution in [2.24, 2.45) is 0 Å². The zero-order valence-corrected chi connectivity index (χ0v) is 34.8. The van der Waals surface area contributed by atoms with E-state index >= 15 is 0 Å². The minimum atomic E-state index is 0.793. The fourth-order valence-electron chi connectivity index (χ4n) is 10.8. The van der Waals surface area contributed by atoms with E-state index in [1.807, 2.05) is 36.4 Å². The number of fused-ring (bicyclic) bond motifs is 21. The number of rotatable bonds is 3. The minimum absolute atomic E-state index is 0.793. The van der Waals surface area contributed by atoms with Crippen LogP contribution in [-0.2, 0) is 0 Å². The largest absolute Gasteiger partial charge is 0.456 e. The van der Waals surface area contributed by atoms with Crippen LogP contribution in [0.4, 0.5) is 0 Å². The molecule has 0 aliphatic rings. The van der Waals surface area contributed by atoms with Gasteiger partial charge in [-0.15, -0.1) is 0 Å². The van der Waals surface area contributed by atoms with Gasteiger partial charge in [-0.25, -0.2) is 0 Å². The van der Waals surface area contributed by atoms with Gasteiger partial charge in [-0.2, -0.15) is 0 Å². The van der Waals surface area contributed by atoms with E-state index in [0.717, 1.165) is 165 Å². The first-order valence-corrected chi connectivity index (χ1v) is 22.1. The quantitative estimate of drug-likeness (QED) is 0.176. The first-order valence-electron chi connectivity index (χ1n) is 22.1. The van der Waals surface area contributed by atoms with Crippen LogP contribution < -0.4 is 0 Å². The van der Waals surface area contributed by atoms with Crippen molar-refractivity contribution in [2.75, 3.05) is 0 Å². The minimum Gasteiger partial charge on any atom is -0.456 e. The van der Waals surface area contributed by atoms with Gasteiger partial charge in [-0.05, 0) is 143 Å². The molecule has 0 fully saturated rings. The molecule has 0 saturated heterocycles. The molecule has 10 aromatic carbocycles. The summed E-state index contributed by atoms with van der Waals surface area (Å²) in [7, 11) is 0. The summed E-state index contributed by atoms with van der Waals surface area (Å²) in [5.74, 6) is 0. The van der Waals surface area contributed by atoms with E-state index in [4.69, 9.17) is 26.5 Å². The maximum atomic E-state index is 6.55. The Morgan fingerprint density at radius 3 is 0.803 bits per heavy atom. The van der Waals surface area contributed by atoms with Crippen LogP contribution in [-0.4, -0.2) is 0 Å². The van der Waals surface area contributed by atoms with Crippen LogP contribution >= 0.6 is 0 Å². The van der Waals surface area contributed by atoms with Gasteiger partial charge in [0, 0.05) is 48.5 Å². The molecule has 0 aliphatic carbocycles. The predicted molar refractivity (Wildman–Crippen MR) is 266 cm³/mol. The number of hydrogen-bond acceptors (Lipinski definition) is 6. The van der Waals surface area contributed by atoms with Gasteiger partial charge < -0.3 is 26.5 Å². The van der Waals surface area contributed by atoms with Crippen LogP contribution in [0.1, 0.15) is 0 Å². The first-order chi connectivity index (χ1) is 32.6. The monoisotopic (exact) mass is 846 g/mol. The van der Waals surface area contributed by atoms with Crippen molar-refractivity contribution in [2.45, 2.75) is 0 Å². The molecular formula is C60H30O6. The van der Waals surface area contributed by atoms with Gasteiger partial charge >= 0.3 is 0 Å². The Labute approximate surface area is 372 Å². The molecule has 0 radical (unpaired) electrons. The lowest BCUT2D eigenvalue weighted by Gasteiger charge is -2.12. The molecular weight excluding hydrogens is 817 g/mol. The zero-order chi connectivity index (χ0) is 42.8. The summed E-state index contributed by atoms with van der Waals surface area (Å²) in [6, 6.07) is 63.3. The number of furan rings is 6. The van der Waals surface area contributed by atoms with Crippen molar-refractivity contribution in [3.8, 4) is 33.4 Å². The Morgan fingerprint density at radius 2 is 0.470 bits per heavy atom. The maximum absolute atomic E-state index is 6.55. The molecule has 6 nitrogen and oxygen atoms in total. The molecule has 66 heavy (non-hydrogen) atoms. The Balaban J connectivity index is 0.941. The molecule has 6 aromatic heterocycles. The molecule has 0 atom stereocenters. The Bertz CT molecular complexity index is 4280. The standard InChI is InChI=1S/C60H30O6/c1-4-10-46-37(7-1)40-16-22-52-55(58(40)64-46)43-28-31(13-19-49(43)61-52)34-25-35(32-14-20-50-44(29-32)56-53(62-50)23-17-41-38-8-2-5-11-47(38)65-59(41)56)27-36(26-34)33-15-21-51-45(30-33)57-54(63-51)24-18-42-39-9-3-6-12-48(39)66-60(42)57/h1-30H. The summed E-state index contributed by atoms with van der Waals surface area (Å²) in [6.07, 6.45) is 0. The lowest BCUT2D eigenvalue weighted by molar-refractivity contribution is 0.662. The summed E-state index contributed by atoms with van der Waals surface area (Å²) < 4.78 is 39.1. The SMILES string of the molecule is c1ccc2c(c1)oc1c2ccc2oc3ccc(-c4cc(-c5ccc6oc7ccc8c9ccccc9oc8c7c6c5)cc(-c5ccc6oc7ccc8c9ccccc9oc8c7c6c5)c4)cc3c21. The third-order valence-electron chi connectivity index (χ3n) is 13.9. The average Bonchev–Trinajstić information content (AvgIpc) is 4.22. The van der Waals surface area contributed by atoms with E-state index in [1.165, 1.54) is 0 Å². The summed E-state index contributed by atoms with van der Waals surface area (Å²) in [4.78, 5) is 0. The molecule has 6 heteroatoms. The highest BCUT2D eigenvalue weighted by atomic mass is 16.4. The van der Waals surface area contributed by atoms with Gasteiger partial charge in [0.15, 0.2) is 0 Å². The van der Waals surface area contributed by atoms with Crippen LogP contribution in [0.25, 0.3) is 165 Å². The van der Waals surface area contributed by atoms with E-state index in [0.29, 0.717) is 0 Å². The second kappa shape index (κ2) is 12.4. The molecule has 16 aromatic rings. The fourth-order valence-corrected chi connectivity index (χ4v) is 10.8. The third-order valence-corrected chi connectivity index (χ3v) is 13.9. The average molecular weight is 847 g/mol. The van der Waals surface area contributed by atoms with Gasteiger partial charge in [0.1, 0.15) is 67.0 Å². The van der Waals surface area contributed by atoms with E-state index in [1.54, 1.807) is 0 Å². The fraction of sp³-hybridized carbons (Fsp3) is 0. The predicted octanol–water partition coefficient (Wildman–Crippen LogP) is 18.1. The van der Waals surface area contributed by atoms with E-state index < -0.39 is 0 Å². The maximum Gasteiger partial charge on any atom is 0.147 e. The van der Waals surface area contributed by atoms with E-state index in [2.05, 4.69) is 146 Å². The van der Waals surface area contributed by atoms with Gasteiger partial charge in [-0.3, -0.25) is 0 Å². The van der Waals surface area contributed by atoms with Crippen LogP contribution in [0.2, 0.25) is 0 Å². The second-order valence-corrected chi connectivity index (χ2v) is 17.5. The van der Waals surface area contributed by atoms with E-state index in [-0.39, 0.29) is 0 Å². The lowest BCUT2D eigenvalue weighted by Crippen LogP contribution is -1.87. The summed E-state index contributed by atoms with van der Waals surface area (Å²) in [6.45, 7) is 0. The molecule has 16 rings (SSSR count). The van der Waals surface area contributed by atoms with Gasteiger partial charge in [0.2, 0.25) is 0 Å². The molecule has 6 heterocycles. The molecule has 0 saturated carbocycles. The topological polar surface area (TPSA) is 78.8 Å². The van der Waals surface area contributed by atoms with Crippen LogP contribution in [0.15, 0.2) is 208 Å². The highest BCUT2D eigenvalue weighted by molar-refractivity contribution is 6.25. The van der Waals surface area contributed by atoms with Crippen molar-refractivity contribution >= 4 is 132 Å². The number of hydrogen-bond donors (Lipinski definition) is 0. The highest BCUT2D eigenvalue weighted by Gasteiger charge is 2.21. The van der Waals surface area contributed by atoms with Gasteiger partial charge in [0.05, 0.1) is 16.2 Å². The molecule has 306 valence electrons. The van der Waals surface area contributed by atoms with Gasteiger partial charge in [-0.1, -0.05) is 72.8 Å². The molecule has 0 aliphatic heterocycles. The first kappa shape index (κ1) is 34.5. The molecule has 0 spiro atoms. The van der Waals surface area contributed by atoms with E-state index in [9.17, 15) is 0 Å². The molecule has 0 unspecified atom stereocenters. The van der Waals surface area contributed by atoms with Crippen molar-refractivity contribution in [1.82, 2.24) is 0 Å². The zero-order valence-electron chi connectivity index (χ0n) is 34.8. The molecule has 0 bridgehead atoms. The van der Waals surface area contributed by atoms with Crippen molar-refractivity contribution < 1.29 is 26.5 Å². The number of benzene rings is 10. The highest BCUT2D eigenvalue weighted by Crippen LogP contribution is 2.45.